The highest BCUT2D eigenvalue weighted by Crippen LogP contribution is 2.27. The Balaban J connectivity index is 5.56. The zero-order valence-electron chi connectivity index (χ0n) is 16.3. The molecular weight excluding hydrogens is 336 g/mol. The van der Waals surface area contributed by atoms with E-state index in [0.717, 1.165) is 25.7 Å². The first kappa shape index (κ1) is 23.6. The Bertz CT molecular complexity index is 504. The molecule has 0 aromatic rings. The second-order valence-corrected chi connectivity index (χ2v) is 6.36. The van der Waals surface area contributed by atoms with Crippen molar-refractivity contribution in [2.45, 2.75) is 72.2 Å². The van der Waals surface area contributed by atoms with Crippen LogP contribution in [0.3, 0.4) is 0 Å². The van der Waals surface area contributed by atoms with E-state index >= 15 is 0 Å². The van der Waals surface area contributed by atoms with E-state index in [9.17, 15) is 14.4 Å². The van der Waals surface area contributed by atoms with Gasteiger partial charge in [0, 0.05) is 16.7 Å². The fraction of sp³-hybridized carbons (Fsp3) is 0.550. The molecule has 0 atom stereocenters. The molecule has 26 heavy (non-hydrogen) atoms. The van der Waals surface area contributed by atoms with Crippen LogP contribution in [0.15, 0.2) is 36.5 Å². The summed E-state index contributed by atoms with van der Waals surface area (Å²) in [5, 5.41) is 0. The summed E-state index contributed by atoms with van der Waals surface area (Å²) in [6.07, 6.45) is 4.41. The highest BCUT2D eigenvalue weighted by atomic mass is 16.9. The minimum Gasteiger partial charge on any atom is -0.385 e. The maximum atomic E-state index is 12.0. The Morgan fingerprint density at radius 3 is 1.35 bits per heavy atom. The van der Waals surface area contributed by atoms with Crippen LogP contribution < -0.4 is 0 Å². The third-order valence-corrected chi connectivity index (χ3v) is 3.38. The third-order valence-electron chi connectivity index (χ3n) is 3.38. The first-order valence-corrected chi connectivity index (χ1v) is 8.71. The molecule has 0 fully saturated rings. The molecule has 0 saturated carbocycles. The van der Waals surface area contributed by atoms with Gasteiger partial charge in [-0.25, -0.2) is 14.4 Å². The monoisotopic (exact) mass is 366 g/mol. The maximum Gasteiger partial charge on any atom is 0.424 e. The molecule has 146 valence electrons. The summed E-state index contributed by atoms with van der Waals surface area (Å²) >= 11 is 0. The van der Waals surface area contributed by atoms with Gasteiger partial charge >= 0.3 is 23.9 Å². The lowest BCUT2D eigenvalue weighted by molar-refractivity contribution is -0.328. The molecule has 6 nitrogen and oxygen atoms in total. The van der Waals surface area contributed by atoms with Crippen LogP contribution in [0.5, 0.6) is 0 Å². The molecule has 6 heteroatoms. The van der Waals surface area contributed by atoms with Crippen molar-refractivity contribution in [1.82, 2.24) is 0 Å². The number of hydrogen-bond donors (Lipinski definition) is 0. The zero-order valence-corrected chi connectivity index (χ0v) is 16.3. The highest BCUT2D eigenvalue weighted by Gasteiger charge is 2.43. The molecule has 0 aliphatic heterocycles. The standard InChI is InChI=1S/C20H30O6/c1-8-9-10-11-12-13-20(24-17(21)14(2)3,25-18(22)15(4)5)26-19(23)16(6)7/h2,4,6,8-13H2,1,3,5,7H3. The van der Waals surface area contributed by atoms with Crippen LogP contribution in [-0.4, -0.2) is 23.9 Å². The third kappa shape index (κ3) is 8.65. The molecule has 0 aliphatic rings. The summed E-state index contributed by atoms with van der Waals surface area (Å²) in [5.74, 6) is -4.67. The predicted molar refractivity (Wildman–Crippen MR) is 98.8 cm³/mol. The Kier molecular flexibility index (Phi) is 10.3. The van der Waals surface area contributed by atoms with E-state index in [1.165, 1.54) is 20.8 Å². The van der Waals surface area contributed by atoms with Gasteiger partial charge in [0.2, 0.25) is 0 Å². The van der Waals surface area contributed by atoms with Gasteiger partial charge in [-0.3, -0.25) is 0 Å². The van der Waals surface area contributed by atoms with Crippen molar-refractivity contribution in [3.05, 3.63) is 36.5 Å². The van der Waals surface area contributed by atoms with E-state index < -0.39 is 23.9 Å². The van der Waals surface area contributed by atoms with E-state index in [4.69, 9.17) is 14.2 Å². The normalized spacial score (nSPS) is 10.6. The Morgan fingerprint density at radius 1 is 0.692 bits per heavy atom. The van der Waals surface area contributed by atoms with Crippen molar-refractivity contribution in [2.75, 3.05) is 0 Å². The summed E-state index contributed by atoms with van der Waals surface area (Å²) in [5.41, 5.74) is 0.245. The van der Waals surface area contributed by atoms with Crippen LogP contribution in [0, 0.1) is 0 Å². The molecule has 0 unspecified atom stereocenters. The number of carbonyl (C=O) groups is 3. The molecular formula is C20H30O6. The van der Waals surface area contributed by atoms with Gasteiger partial charge in [-0.1, -0.05) is 52.3 Å². The molecule has 0 heterocycles. The average molecular weight is 366 g/mol. The lowest BCUT2D eigenvalue weighted by Crippen LogP contribution is -2.45. The van der Waals surface area contributed by atoms with Crippen molar-refractivity contribution >= 4 is 17.9 Å². The lowest BCUT2D eigenvalue weighted by Gasteiger charge is -2.31. The predicted octanol–water partition coefficient (Wildman–Crippen LogP) is 4.36. The van der Waals surface area contributed by atoms with Crippen molar-refractivity contribution in [1.29, 1.82) is 0 Å². The summed E-state index contributed by atoms with van der Waals surface area (Å²) < 4.78 is 15.7. The Labute approximate surface area is 155 Å². The molecule has 0 aromatic heterocycles. The highest BCUT2D eigenvalue weighted by molar-refractivity contribution is 5.90. The quantitative estimate of drug-likeness (QED) is 0.221. The number of rotatable bonds is 12. The molecule has 0 saturated heterocycles. The summed E-state index contributed by atoms with van der Waals surface area (Å²) in [4.78, 5) is 36.1. The molecule has 0 spiro atoms. The van der Waals surface area contributed by atoms with Gasteiger partial charge in [0.1, 0.15) is 0 Å². The smallest absolute Gasteiger partial charge is 0.385 e. The van der Waals surface area contributed by atoms with Crippen LogP contribution in [0.4, 0.5) is 0 Å². The van der Waals surface area contributed by atoms with E-state index in [1.54, 1.807) is 0 Å². The largest absolute Gasteiger partial charge is 0.424 e. The fourth-order valence-electron chi connectivity index (χ4n) is 1.85. The van der Waals surface area contributed by atoms with Crippen molar-refractivity contribution < 1.29 is 28.6 Å². The number of hydrogen-bond acceptors (Lipinski definition) is 6. The SMILES string of the molecule is C=C(C)C(=O)OC(CCCCCCC)(OC(=O)C(=C)C)OC(=O)C(=C)C. The van der Waals surface area contributed by atoms with Crippen LogP contribution in [0.2, 0.25) is 0 Å². The molecule has 0 amide bonds. The van der Waals surface area contributed by atoms with E-state index in [-0.39, 0.29) is 23.1 Å². The summed E-state index contributed by atoms with van der Waals surface area (Å²) in [6, 6.07) is 0. The number of esters is 3. The van der Waals surface area contributed by atoms with E-state index in [2.05, 4.69) is 26.7 Å². The minimum atomic E-state index is -2.17. The van der Waals surface area contributed by atoms with Gasteiger partial charge in [0.05, 0.1) is 6.42 Å². The van der Waals surface area contributed by atoms with Crippen molar-refractivity contribution in [2.24, 2.45) is 0 Å². The Morgan fingerprint density at radius 2 is 1.04 bits per heavy atom. The first-order chi connectivity index (χ1) is 12.0. The molecule has 0 aliphatic carbocycles. The summed E-state index contributed by atoms with van der Waals surface area (Å²) in [7, 11) is 0. The van der Waals surface area contributed by atoms with Crippen LogP contribution in [0.25, 0.3) is 0 Å². The molecule has 0 bridgehead atoms. The van der Waals surface area contributed by atoms with Gasteiger partial charge < -0.3 is 14.2 Å². The van der Waals surface area contributed by atoms with Crippen LogP contribution in [0.1, 0.15) is 66.2 Å². The van der Waals surface area contributed by atoms with Gasteiger partial charge in [0.25, 0.3) is 0 Å². The number of carbonyl (C=O) groups excluding carboxylic acids is 3. The zero-order chi connectivity index (χ0) is 20.3. The van der Waals surface area contributed by atoms with Crippen molar-refractivity contribution in [3.63, 3.8) is 0 Å². The van der Waals surface area contributed by atoms with Gasteiger partial charge in [-0.05, 0) is 27.2 Å². The Hall–Kier alpha value is -2.37. The molecule has 0 N–H and O–H groups in total. The lowest BCUT2D eigenvalue weighted by atomic mass is 10.1. The maximum absolute atomic E-state index is 12.0. The van der Waals surface area contributed by atoms with Crippen LogP contribution in [-0.2, 0) is 28.6 Å². The number of unbranched alkanes of at least 4 members (excludes halogenated alkanes) is 4. The second-order valence-electron chi connectivity index (χ2n) is 6.36. The minimum absolute atomic E-state index is 0.00771. The van der Waals surface area contributed by atoms with Gasteiger partial charge in [0.15, 0.2) is 0 Å². The fourth-order valence-corrected chi connectivity index (χ4v) is 1.85. The summed E-state index contributed by atoms with van der Waals surface area (Å²) in [6.45, 7) is 16.9. The van der Waals surface area contributed by atoms with E-state index in [1.807, 2.05) is 0 Å². The molecule has 0 radical (unpaired) electrons. The molecule has 0 aromatic carbocycles. The van der Waals surface area contributed by atoms with E-state index in [0.29, 0.717) is 6.42 Å². The first-order valence-electron chi connectivity index (χ1n) is 8.71. The van der Waals surface area contributed by atoms with Gasteiger partial charge in [-0.15, -0.1) is 0 Å². The topological polar surface area (TPSA) is 78.9 Å². The van der Waals surface area contributed by atoms with Crippen LogP contribution >= 0.6 is 0 Å². The average Bonchev–Trinajstić information content (AvgIpc) is 2.54. The number of ether oxygens (including phenoxy) is 3. The molecule has 0 rings (SSSR count). The van der Waals surface area contributed by atoms with Gasteiger partial charge in [-0.2, -0.15) is 0 Å². The second kappa shape index (κ2) is 11.3. The van der Waals surface area contributed by atoms with Crippen molar-refractivity contribution in [3.8, 4) is 0 Å².